The summed E-state index contributed by atoms with van der Waals surface area (Å²) in [4.78, 5) is 14.2. The minimum Gasteiger partial charge on any atom is -0.506 e. The number of halogens is 1. The van der Waals surface area contributed by atoms with E-state index in [0.717, 1.165) is 0 Å². The summed E-state index contributed by atoms with van der Waals surface area (Å²) in [5.74, 6) is -0.239. The van der Waals surface area contributed by atoms with E-state index in [0.29, 0.717) is 12.1 Å². The summed E-state index contributed by atoms with van der Waals surface area (Å²) >= 11 is 7.45. The second-order valence-electron chi connectivity index (χ2n) is 4.91. The summed E-state index contributed by atoms with van der Waals surface area (Å²) in [7, 11) is 3.96. The van der Waals surface area contributed by atoms with Gasteiger partial charge in [0.2, 0.25) is 0 Å². The van der Waals surface area contributed by atoms with Crippen molar-refractivity contribution in [2.75, 3.05) is 20.6 Å². The minimum atomic E-state index is -0.209. The van der Waals surface area contributed by atoms with E-state index in [4.69, 9.17) is 11.6 Å². The second kappa shape index (κ2) is 6.93. The Kier molecular flexibility index (Phi) is 5.22. The molecule has 0 aliphatic rings. The molecule has 0 aliphatic carbocycles. The third kappa shape index (κ3) is 3.97. The third-order valence-electron chi connectivity index (χ3n) is 3.22. The first-order valence-corrected chi connectivity index (χ1v) is 7.76. The van der Waals surface area contributed by atoms with Crippen LogP contribution in [0, 0.1) is 0 Å². The fourth-order valence-electron chi connectivity index (χ4n) is 2.00. The van der Waals surface area contributed by atoms with Crippen LogP contribution < -0.4 is 5.32 Å². The lowest BCUT2D eigenvalue weighted by Crippen LogP contribution is -2.34. The topological polar surface area (TPSA) is 52.6 Å². The number of likely N-dealkylation sites (N-methyl/N-ethyl adjacent to an activating group) is 1. The van der Waals surface area contributed by atoms with Gasteiger partial charge in [0.05, 0.1) is 11.1 Å². The first-order chi connectivity index (χ1) is 9.99. The number of rotatable bonds is 5. The smallest absolute Gasteiger partial charge is 0.251 e. The van der Waals surface area contributed by atoms with Crippen LogP contribution in [0.5, 0.6) is 5.75 Å². The molecule has 1 heterocycles. The van der Waals surface area contributed by atoms with Crippen molar-refractivity contribution in [2.45, 2.75) is 6.04 Å². The average Bonchev–Trinajstić information content (AvgIpc) is 2.95. The molecule has 0 fully saturated rings. The Morgan fingerprint density at radius 3 is 2.76 bits per heavy atom. The Hall–Kier alpha value is -1.56. The van der Waals surface area contributed by atoms with Gasteiger partial charge in [-0.1, -0.05) is 11.6 Å². The largest absolute Gasteiger partial charge is 0.506 e. The van der Waals surface area contributed by atoms with E-state index in [9.17, 15) is 9.90 Å². The minimum absolute atomic E-state index is 0.0299. The summed E-state index contributed by atoms with van der Waals surface area (Å²) in [6.07, 6.45) is 0. The van der Waals surface area contributed by atoms with Gasteiger partial charge >= 0.3 is 0 Å². The summed E-state index contributed by atoms with van der Waals surface area (Å²) in [5, 5.41) is 16.5. The monoisotopic (exact) mass is 324 g/mol. The molecule has 0 radical (unpaired) electrons. The number of thiophene rings is 1. The van der Waals surface area contributed by atoms with Gasteiger partial charge in [-0.05, 0) is 54.7 Å². The molecule has 1 unspecified atom stereocenters. The lowest BCUT2D eigenvalue weighted by molar-refractivity contribution is 0.0942. The lowest BCUT2D eigenvalue weighted by Gasteiger charge is -2.24. The molecule has 0 saturated carbocycles. The third-order valence-corrected chi connectivity index (χ3v) is 4.22. The number of amides is 1. The normalized spacial score (nSPS) is 12.4. The van der Waals surface area contributed by atoms with Gasteiger partial charge in [0.15, 0.2) is 0 Å². The Labute approximate surface area is 133 Å². The molecule has 2 N–H and O–H groups in total. The van der Waals surface area contributed by atoms with E-state index in [1.807, 2.05) is 19.5 Å². The summed E-state index contributed by atoms with van der Waals surface area (Å²) in [5.41, 5.74) is 1.61. The van der Waals surface area contributed by atoms with Crippen molar-refractivity contribution in [2.24, 2.45) is 0 Å². The molecule has 0 spiro atoms. The van der Waals surface area contributed by atoms with Crippen molar-refractivity contribution in [3.63, 3.8) is 0 Å². The van der Waals surface area contributed by atoms with Gasteiger partial charge in [-0.3, -0.25) is 4.79 Å². The highest BCUT2D eigenvalue weighted by Crippen LogP contribution is 2.24. The average molecular weight is 325 g/mol. The Bertz CT molecular complexity index is 614. The van der Waals surface area contributed by atoms with Crippen molar-refractivity contribution in [3.05, 3.63) is 51.2 Å². The number of nitrogens with one attached hydrogen (secondary N) is 1. The van der Waals surface area contributed by atoms with Gasteiger partial charge in [0.25, 0.3) is 5.91 Å². The van der Waals surface area contributed by atoms with E-state index in [-0.39, 0.29) is 22.7 Å². The molecule has 1 aromatic carbocycles. The number of nitrogens with zero attached hydrogens (tertiary/aromatic N) is 1. The number of hydrogen-bond acceptors (Lipinski definition) is 4. The molecule has 0 aliphatic heterocycles. The maximum Gasteiger partial charge on any atom is 0.251 e. The van der Waals surface area contributed by atoms with Crippen LogP contribution in [0.2, 0.25) is 5.02 Å². The molecule has 21 heavy (non-hydrogen) atoms. The zero-order valence-corrected chi connectivity index (χ0v) is 13.4. The number of phenols is 1. The first-order valence-electron chi connectivity index (χ1n) is 6.44. The van der Waals surface area contributed by atoms with Crippen LogP contribution in [0.15, 0.2) is 35.0 Å². The molecule has 1 amide bonds. The van der Waals surface area contributed by atoms with Crippen LogP contribution in [0.25, 0.3) is 0 Å². The Morgan fingerprint density at radius 1 is 1.43 bits per heavy atom. The quantitative estimate of drug-likeness (QED) is 0.888. The Balaban J connectivity index is 2.03. The van der Waals surface area contributed by atoms with Crippen molar-refractivity contribution < 1.29 is 9.90 Å². The van der Waals surface area contributed by atoms with Gasteiger partial charge in [0, 0.05) is 12.1 Å². The standard InChI is InChI=1S/C15H17ClN2O2S/c1-18(2)13(11-5-6-21-9-11)8-17-15(20)10-3-4-14(19)12(16)7-10/h3-7,9,13,19H,8H2,1-2H3,(H,17,20). The number of phenolic OH excluding ortho intramolecular Hbond substituents is 1. The molecular formula is C15H17ClN2O2S. The summed E-state index contributed by atoms with van der Waals surface area (Å²) in [6, 6.07) is 6.60. The fourth-order valence-corrected chi connectivity index (χ4v) is 2.89. The molecule has 0 bridgehead atoms. The fraction of sp³-hybridized carbons (Fsp3) is 0.267. The van der Waals surface area contributed by atoms with E-state index < -0.39 is 0 Å². The van der Waals surface area contributed by atoms with Gasteiger partial charge in [-0.2, -0.15) is 11.3 Å². The van der Waals surface area contributed by atoms with E-state index in [2.05, 4.69) is 21.7 Å². The highest BCUT2D eigenvalue weighted by Gasteiger charge is 2.16. The number of benzene rings is 1. The Morgan fingerprint density at radius 2 is 2.19 bits per heavy atom. The zero-order valence-electron chi connectivity index (χ0n) is 11.8. The van der Waals surface area contributed by atoms with E-state index in [1.54, 1.807) is 17.4 Å². The molecule has 4 nitrogen and oxygen atoms in total. The SMILES string of the molecule is CN(C)C(CNC(=O)c1ccc(O)c(Cl)c1)c1ccsc1. The number of carbonyl (C=O) groups is 1. The lowest BCUT2D eigenvalue weighted by atomic mass is 10.1. The number of carbonyl (C=O) groups excluding carboxylic acids is 1. The number of hydrogen-bond donors (Lipinski definition) is 2. The highest BCUT2D eigenvalue weighted by molar-refractivity contribution is 7.07. The van der Waals surface area contributed by atoms with Gasteiger partial charge in [-0.15, -0.1) is 0 Å². The van der Waals surface area contributed by atoms with E-state index >= 15 is 0 Å². The summed E-state index contributed by atoms with van der Waals surface area (Å²) in [6.45, 7) is 0.501. The predicted octanol–water partition coefficient (Wildman–Crippen LogP) is 3.14. The van der Waals surface area contributed by atoms with Crippen molar-refractivity contribution in [1.82, 2.24) is 10.2 Å². The van der Waals surface area contributed by atoms with Gasteiger partial charge in [0.1, 0.15) is 5.75 Å². The molecule has 112 valence electrons. The molecule has 0 saturated heterocycles. The predicted molar refractivity (Wildman–Crippen MR) is 86.2 cm³/mol. The second-order valence-corrected chi connectivity index (χ2v) is 6.10. The van der Waals surface area contributed by atoms with Crippen molar-refractivity contribution in [1.29, 1.82) is 0 Å². The van der Waals surface area contributed by atoms with Crippen LogP contribution in [0.1, 0.15) is 22.0 Å². The zero-order chi connectivity index (χ0) is 15.4. The number of aromatic hydroxyl groups is 1. The van der Waals surface area contributed by atoms with Gasteiger partial charge in [-0.25, -0.2) is 0 Å². The van der Waals surface area contributed by atoms with Crippen LogP contribution in [-0.2, 0) is 0 Å². The maximum absolute atomic E-state index is 12.1. The van der Waals surface area contributed by atoms with Crippen LogP contribution in [0.3, 0.4) is 0 Å². The molecule has 2 aromatic rings. The molecular weight excluding hydrogens is 308 g/mol. The van der Waals surface area contributed by atoms with Crippen molar-refractivity contribution >= 4 is 28.8 Å². The van der Waals surface area contributed by atoms with Crippen LogP contribution in [0.4, 0.5) is 0 Å². The van der Waals surface area contributed by atoms with Crippen LogP contribution >= 0.6 is 22.9 Å². The first kappa shape index (κ1) is 15.8. The maximum atomic E-state index is 12.1. The highest BCUT2D eigenvalue weighted by atomic mass is 35.5. The van der Waals surface area contributed by atoms with Crippen molar-refractivity contribution in [3.8, 4) is 5.75 Å². The molecule has 1 atom stereocenters. The van der Waals surface area contributed by atoms with Gasteiger partial charge < -0.3 is 15.3 Å². The van der Waals surface area contributed by atoms with Crippen LogP contribution in [-0.4, -0.2) is 36.6 Å². The molecule has 6 heteroatoms. The van der Waals surface area contributed by atoms with E-state index in [1.165, 1.54) is 17.7 Å². The molecule has 1 aromatic heterocycles. The molecule has 2 rings (SSSR count). The summed E-state index contributed by atoms with van der Waals surface area (Å²) < 4.78 is 0.